The van der Waals surface area contributed by atoms with Crippen molar-refractivity contribution in [1.29, 1.82) is 0 Å². The van der Waals surface area contributed by atoms with Crippen molar-refractivity contribution in [3.63, 3.8) is 0 Å². The largest absolute Gasteiger partial charge is 0.327 e. The van der Waals surface area contributed by atoms with E-state index in [1.165, 1.54) is 0 Å². The van der Waals surface area contributed by atoms with E-state index in [-0.39, 0.29) is 11.8 Å². The number of hydrogen-bond acceptors (Lipinski definition) is 2. The molecule has 1 aromatic heterocycles. The predicted molar refractivity (Wildman–Crippen MR) is 76.6 cm³/mol. The molecule has 1 aromatic carbocycles. The van der Waals surface area contributed by atoms with E-state index in [1.807, 2.05) is 10.8 Å². The summed E-state index contributed by atoms with van der Waals surface area (Å²) >= 11 is 5.85. The Balaban J connectivity index is 2.22. The second-order valence-corrected chi connectivity index (χ2v) is 4.98. The lowest BCUT2D eigenvalue weighted by Crippen LogP contribution is -2.18. The second-order valence-electron chi connectivity index (χ2n) is 4.54. The Morgan fingerprint density at radius 3 is 2.68 bits per heavy atom. The number of unbranched alkanes of at least 4 members (excludes halogenated alkanes) is 1. The van der Waals surface area contributed by atoms with E-state index in [1.54, 1.807) is 36.8 Å². The first kappa shape index (κ1) is 13.8. The fourth-order valence-electron chi connectivity index (χ4n) is 2.07. The van der Waals surface area contributed by atoms with Gasteiger partial charge in [-0.3, -0.25) is 4.79 Å². The highest BCUT2D eigenvalue weighted by Gasteiger charge is 2.20. The molecule has 1 atom stereocenters. The van der Waals surface area contributed by atoms with Crippen LogP contribution in [-0.2, 0) is 0 Å². The minimum Gasteiger partial charge on any atom is -0.327 e. The summed E-state index contributed by atoms with van der Waals surface area (Å²) in [6.45, 7) is 2.12. The van der Waals surface area contributed by atoms with E-state index in [4.69, 9.17) is 11.6 Å². The topological polar surface area (TPSA) is 34.9 Å². The van der Waals surface area contributed by atoms with Crippen molar-refractivity contribution >= 4 is 17.4 Å². The Kier molecular flexibility index (Phi) is 4.74. The number of rotatable bonds is 6. The molecule has 1 heterocycles. The number of halogens is 1. The third-order valence-electron chi connectivity index (χ3n) is 3.15. The van der Waals surface area contributed by atoms with Crippen molar-refractivity contribution < 1.29 is 4.79 Å². The molecule has 2 aromatic rings. The standard InChI is InChI=1S/C15H17ClN2O/c1-2-3-4-14(18-10-9-17-11-18)15(19)12-5-7-13(16)8-6-12/h5-11,14H,2-4H2,1H3. The molecule has 100 valence electrons. The molecule has 0 N–H and O–H groups in total. The van der Waals surface area contributed by atoms with Gasteiger partial charge in [-0.1, -0.05) is 31.4 Å². The highest BCUT2D eigenvalue weighted by Crippen LogP contribution is 2.21. The average molecular weight is 277 g/mol. The van der Waals surface area contributed by atoms with Crippen LogP contribution in [0.3, 0.4) is 0 Å². The third-order valence-corrected chi connectivity index (χ3v) is 3.40. The molecule has 1 unspecified atom stereocenters. The van der Waals surface area contributed by atoms with Gasteiger partial charge >= 0.3 is 0 Å². The fourth-order valence-corrected chi connectivity index (χ4v) is 2.20. The SMILES string of the molecule is CCCCC(C(=O)c1ccc(Cl)cc1)n1ccnc1. The summed E-state index contributed by atoms with van der Waals surface area (Å²) in [6, 6.07) is 6.88. The molecule has 19 heavy (non-hydrogen) atoms. The maximum Gasteiger partial charge on any atom is 0.185 e. The summed E-state index contributed by atoms with van der Waals surface area (Å²) in [4.78, 5) is 16.6. The van der Waals surface area contributed by atoms with E-state index >= 15 is 0 Å². The van der Waals surface area contributed by atoms with E-state index < -0.39 is 0 Å². The lowest BCUT2D eigenvalue weighted by atomic mass is 9.99. The second kappa shape index (κ2) is 6.53. The molecule has 0 aliphatic heterocycles. The van der Waals surface area contributed by atoms with Crippen LogP contribution in [0.1, 0.15) is 42.6 Å². The van der Waals surface area contributed by atoms with Crippen LogP contribution in [0.4, 0.5) is 0 Å². The smallest absolute Gasteiger partial charge is 0.185 e. The van der Waals surface area contributed by atoms with Gasteiger partial charge in [-0.2, -0.15) is 0 Å². The Labute approximate surface area is 118 Å². The number of carbonyl (C=O) groups is 1. The normalized spacial score (nSPS) is 12.3. The molecule has 0 bridgehead atoms. The minimum atomic E-state index is -0.177. The van der Waals surface area contributed by atoms with Gasteiger partial charge in [0.2, 0.25) is 0 Å². The van der Waals surface area contributed by atoms with Crippen molar-refractivity contribution in [2.45, 2.75) is 32.2 Å². The van der Waals surface area contributed by atoms with Crippen molar-refractivity contribution in [3.05, 3.63) is 53.6 Å². The molecule has 4 heteroatoms. The van der Waals surface area contributed by atoms with Crippen LogP contribution >= 0.6 is 11.6 Å². The first-order chi connectivity index (χ1) is 9.22. The van der Waals surface area contributed by atoms with Gasteiger partial charge < -0.3 is 4.57 Å². The van der Waals surface area contributed by atoms with E-state index in [9.17, 15) is 4.79 Å². The molecule has 0 fully saturated rings. The van der Waals surface area contributed by atoms with Gasteiger partial charge in [0.15, 0.2) is 5.78 Å². The first-order valence-corrected chi connectivity index (χ1v) is 6.87. The van der Waals surface area contributed by atoms with Crippen LogP contribution in [0.15, 0.2) is 43.0 Å². The minimum absolute atomic E-state index is 0.114. The molecule has 0 saturated carbocycles. The summed E-state index contributed by atoms with van der Waals surface area (Å²) < 4.78 is 1.88. The van der Waals surface area contributed by atoms with Crippen LogP contribution in [0.2, 0.25) is 5.02 Å². The number of Topliss-reactive ketones (excluding diaryl/α,β-unsaturated/α-hetero) is 1. The first-order valence-electron chi connectivity index (χ1n) is 6.49. The van der Waals surface area contributed by atoms with Crippen molar-refractivity contribution in [3.8, 4) is 0 Å². The van der Waals surface area contributed by atoms with E-state index in [2.05, 4.69) is 11.9 Å². The van der Waals surface area contributed by atoms with Crippen molar-refractivity contribution in [2.24, 2.45) is 0 Å². The molecule has 3 nitrogen and oxygen atoms in total. The van der Waals surface area contributed by atoms with Crippen LogP contribution in [0, 0.1) is 0 Å². The highest BCUT2D eigenvalue weighted by molar-refractivity contribution is 6.30. The number of benzene rings is 1. The number of ketones is 1. The predicted octanol–water partition coefficient (Wildman–Crippen LogP) is 4.15. The molecule has 2 rings (SSSR count). The van der Waals surface area contributed by atoms with Gasteiger partial charge in [0.05, 0.1) is 12.4 Å². The number of carbonyl (C=O) groups excluding carboxylic acids is 1. The molecule has 0 radical (unpaired) electrons. The van der Waals surface area contributed by atoms with Gasteiger partial charge in [0, 0.05) is 23.0 Å². The van der Waals surface area contributed by atoms with Crippen LogP contribution in [-0.4, -0.2) is 15.3 Å². The molecule has 0 saturated heterocycles. The molecular formula is C15H17ClN2O. The summed E-state index contributed by atoms with van der Waals surface area (Å²) in [5, 5.41) is 0.643. The Bertz CT molecular complexity index is 520. The maximum absolute atomic E-state index is 12.6. The van der Waals surface area contributed by atoms with Gasteiger partial charge in [0.25, 0.3) is 0 Å². The Morgan fingerprint density at radius 1 is 1.37 bits per heavy atom. The average Bonchev–Trinajstić information content (AvgIpc) is 2.94. The molecule has 0 amide bonds. The molecular weight excluding hydrogens is 260 g/mol. The highest BCUT2D eigenvalue weighted by atomic mass is 35.5. The third kappa shape index (κ3) is 3.44. The summed E-state index contributed by atoms with van der Waals surface area (Å²) in [7, 11) is 0. The van der Waals surface area contributed by atoms with Gasteiger partial charge in [-0.15, -0.1) is 0 Å². The number of aromatic nitrogens is 2. The molecule has 0 aliphatic carbocycles. The molecule has 0 spiro atoms. The zero-order chi connectivity index (χ0) is 13.7. The zero-order valence-corrected chi connectivity index (χ0v) is 11.7. The van der Waals surface area contributed by atoms with Crippen LogP contribution < -0.4 is 0 Å². The number of imidazole rings is 1. The maximum atomic E-state index is 12.6. The lowest BCUT2D eigenvalue weighted by Gasteiger charge is -2.17. The lowest BCUT2D eigenvalue weighted by molar-refractivity contribution is 0.0917. The van der Waals surface area contributed by atoms with Gasteiger partial charge in [-0.05, 0) is 30.7 Å². The molecule has 0 aliphatic rings. The number of nitrogens with zero attached hydrogens (tertiary/aromatic N) is 2. The van der Waals surface area contributed by atoms with Crippen molar-refractivity contribution in [1.82, 2.24) is 9.55 Å². The Morgan fingerprint density at radius 2 is 2.11 bits per heavy atom. The number of hydrogen-bond donors (Lipinski definition) is 0. The van der Waals surface area contributed by atoms with Gasteiger partial charge in [0.1, 0.15) is 0 Å². The van der Waals surface area contributed by atoms with Crippen LogP contribution in [0.25, 0.3) is 0 Å². The summed E-state index contributed by atoms with van der Waals surface area (Å²) in [5.74, 6) is 0.114. The zero-order valence-electron chi connectivity index (χ0n) is 10.9. The van der Waals surface area contributed by atoms with Crippen molar-refractivity contribution in [2.75, 3.05) is 0 Å². The van der Waals surface area contributed by atoms with Crippen LogP contribution in [0.5, 0.6) is 0 Å². The Hall–Kier alpha value is -1.61. The van der Waals surface area contributed by atoms with E-state index in [0.29, 0.717) is 10.6 Å². The summed E-state index contributed by atoms with van der Waals surface area (Å²) in [5.41, 5.74) is 0.694. The van der Waals surface area contributed by atoms with E-state index in [0.717, 1.165) is 19.3 Å². The quantitative estimate of drug-likeness (QED) is 0.743. The fraction of sp³-hybridized carbons (Fsp3) is 0.333. The monoisotopic (exact) mass is 276 g/mol. The summed E-state index contributed by atoms with van der Waals surface area (Å²) in [6.07, 6.45) is 8.16. The van der Waals surface area contributed by atoms with Gasteiger partial charge in [-0.25, -0.2) is 4.98 Å².